The number of amides is 1. The molecule has 26 heavy (non-hydrogen) atoms. The first-order valence-corrected chi connectivity index (χ1v) is 9.33. The van der Waals surface area contributed by atoms with Crippen molar-refractivity contribution < 1.29 is 13.2 Å². The molecule has 1 amide bonds. The van der Waals surface area contributed by atoms with Crippen LogP contribution in [0.2, 0.25) is 0 Å². The highest BCUT2D eigenvalue weighted by Gasteiger charge is 2.15. The largest absolute Gasteiger partial charge is 0.322 e. The maximum absolute atomic E-state index is 12.4. The van der Waals surface area contributed by atoms with Crippen LogP contribution in [0.15, 0.2) is 65.7 Å². The SMILES string of the molecule is Cc1c(C(=O)Nc2cccc(NS(=O)(=O)c3ccccc3)c2)cnn1C. The third kappa shape index (κ3) is 3.75. The van der Waals surface area contributed by atoms with Crippen molar-refractivity contribution in [1.29, 1.82) is 0 Å². The minimum atomic E-state index is -3.69. The summed E-state index contributed by atoms with van der Waals surface area (Å²) in [6.45, 7) is 1.80. The topological polar surface area (TPSA) is 93.1 Å². The number of rotatable bonds is 5. The fourth-order valence-corrected chi connectivity index (χ4v) is 3.46. The van der Waals surface area contributed by atoms with Crippen molar-refractivity contribution in [2.45, 2.75) is 11.8 Å². The number of hydrogen-bond acceptors (Lipinski definition) is 4. The number of aromatic nitrogens is 2. The van der Waals surface area contributed by atoms with Gasteiger partial charge in [-0.25, -0.2) is 8.42 Å². The molecule has 2 N–H and O–H groups in total. The quantitative estimate of drug-likeness (QED) is 0.722. The van der Waals surface area contributed by atoms with E-state index in [1.54, 1.807) is 61.1 Å². The van der Waals surface area contributed by atoms with Gasteiger partial charge >= 0.3 is 0 Å². The van der Waals surface area contributed by atoms with Crippen molar-refractivity contribution in [2.24, 2.45) is 7.05 Å². The van der Waals surface area contributed by atoms with Gasteiger partial charge in [-0.1, -0.05) is 24.3 Å². The summed E-state index contributed by atoms with van der Waals surface area (Å²) in [5.74, 6) is -0.307. The Morgan fingerprint density at radius 3 is 2.38 bits per heavy atom. The minimum Gasteiger partial charge on any atom is -0.322 e. The zero-order chi connectivity index (χ0) is 18.7. The van der Waals surface area contributed by atoms with Crippen LogP contribution < -0.4 is 10.0 Å². The van der Waals surface area contributed by atoms with Crippen LogP contribution in [0.25, 0.3) is 0 Å². The lowest BCUT2D eigenvalue weighted by molar-refractivity contribution is 0.102. The highest BCUT2D eigenvalue weighted by Crippen LogP contribution is 2.20. The molecule has 134 valence electrons. The van der Waals surface area contributed by atoms with Gasteiger partial charge in [-0.05, 0) is 37.3 Å². The summed E-state index contributed by atoms with van der Waals surface area (Å²) < 4.78 is 28.9. The van der Waals surface area contributed by atoms with Gasteiger partial charge in [-0.15, -0.1) is 0 Å². The molecule has 0 saturated carbocycles. The van der Waals surface area contributed by atoms with Crippen LogP contribution in [0.4, 0.5) is 11.4 Å². The van der Waals surface area contributed by atoms with Crippen LogP contribution in [0.5, 0.6) is 0 Å². The van der Waals surface area contributed by atoms with Gasteiger partial charge in [-0.2, -0.15) is 5.10 Å². The number of nitrogens with one attached hydrogen (secondary N) is 2. The van der Waals surface area contributed by atoms with Crippen LogP contribution in [0.3, 0.4) is 0 Å². The summed E-state index contributed by atoms with van der Waals surface area (Å²) in [6.07, 6.45) is 1.49. The van der Waals surface area contributed by atoms with Gasteiger partial charge < -0.3 is 5.32 Å². The van der Waals surface area contributed by atoms with E-state index in [0.717, 1.165) is 5.69 Å². The second-order valence-corrected chi connectivity index (χ2v) is 7.40. The molecule has 3 rings (SSSR count). The molecule has 0 aliphatic heterocycles. The smallest absolute Gasteiger partial charge is 0.261 e. The molecule has 0 spiro atoms. The first-order chi connectivity index (χ1) is 12.4. The zero-order valence-corrected chi connectivity index (χ0v) is 15.1. The lowest BCUT2D eigenvalue weighted by atomic mass is 10.2. The molecule has 8 heteroatoms. The Kier molecular flexibility index (Phi) is 4.77. The van der Waals surface area contributed by atoms with Crippen molar-refractivity contribution >= 4 is 27.3 Å². The van der Waals surface area contributed by atoms with Crippen molar-refractivity contribution in [1.82, 2.24) is 9.78 Å². The summed E-state index contributed by atoms with van der Waals surface area (Å²) in [6, 6.07) is 14.6. The Balaban J connectivity index is 1.78. The number of benzene rings is 2. The highest BCUT2D eigenvalue weighted by atomic mass is 32.2. The number of carbonyl (C=O) groups is 1. The first-order valence-electron chi connectivity index (χ1n) is 7.85. The Bertz CT molecular complexity index is 1040. The fourth-order valence-electron chi connectivity index (χ4n) is 2.39. The number of aryl methyl sites for hydroxylation is 1. The number of anilines is 2. The van der Waals surface area contributed by atoms with Gasteiger partial charge in [0.1, 0.15) is 0 Å². The molecule has 0 saturated heterocycles. The van der Waals surface area contributed by atoms with Gasteiger partial charge in [0, 0.05) is 18.4 Å². The number of hydrogen-bond donors (Lipinski definition) is 2. The molecule has 0 aliphatic rings. The normalized spacial score (nSPS) is 11.2. The highest BCUT2D eigenvalue weighted by molar-refractivity contribution is 7.92. The summed E-state index contributed by atoms with van der Waals surface area (Å²) in [5, 5.41) is 6.79. The lowest BCUT2D eigenvalue weighted by Gasteiger charge is -2.10. The maximum Gasteiger partial charge on any atom is 0.261 e. The molecule has 2 aromatic carbocycles. The second-order valence-electron chi connectivity index (χ2n) is 5.72. The van der Waals surface area contributed by atoms with Crippen molar-refractivity contribution in [3.05, 3.63) is 72.1 Å². The van der Waals surface area contributed by atoms with Crippen molar-refractivity contribution in [3.63, 3.8) is 0 Å². The summed E-state index contributed by atoms with van der Waals surface area (Å²) in [5.41, 5.74) is 2.03. The van der Waals surface area contributed by atoms with E-state index >= 15 is 0 Å². The standard InChI is InChI=1S/C18H18N4O3S/c1-13-17(12-19-22(13)2)18(23)20-14-7-6-8-15(11-14)21-26(24,25)16-9-4-3-5-10-16/h3-12,21H,1-2H3,(H,20,23). The van der Waals surface area contributed by atoms with E-state index in [1.807, 2.05) is 0 Å². The van der Waals surface area contributed by atoms with E-state index in [2.05, 4.69) is 15.1 Å². The molecule has 0 bridgehead atoms. The van der Waals surface area contributed by atoms with E-state index in [9.17, 15) is 13.2 Å². The molecular weight excluding hydrogens is 352 g/mol. The second kappa shape index (κ2) is 7.01. The molecular formula is C18H18N4O3S. The van der Waals surface area contributed by atoms with Crippen LogP contribution in [0.1, 0.15) is 16.1 Å². The van der Waals surface area contributed by atoms with Crippen LogP contribution in [-0.2, 0) is 17.1 Å². The lowest BCUT2D eigenvalue weighted by Crippen LogP contribution is -2.15. The van der Waals surface area contributed by atoms with Crippen LogP contribution >= 0.6 is 0 Å². The van der Waals surface area contributed by atoms with Gasteiger partial charge in [-0.3, -0.25) is 14.2 Å². The fraction of sp³-hybridized carbons (Fsp3) is 0.111. The van der Waals surface area contributed by atoms with E-state index in [0.29, 0.717) is 16.9 Å². The number of carbonyl (C=O) groups excluding carboxylic acids is 1. The Morgan fingerprint density at radius 1 is 1.04 bits per heavy atom. The van der Waals surface area contributed by atoms with E-state index in [4.69, 9.17) is 0 Å². The predicted molar refractivity (Wildman–Crippen MR) is 99.6 cm³/mol. The van der Waals surface area contributed by atoms with E-state index in [1.165, 1.54) is 18.3 Å². The average molecular weight is 370 g/mol. The molecule has 0 unspecified atom stereocenters. The Hall–Kier alpha value is -3.13. The Morgan fingerprint density at radius 2 is 1.73 bits per heavy atom. The summed E-state index contributed by atoms with van der Waals surface area (Å²) in [7, 11) is -1.94. The zero-order valence-electron chi connectivity index (χ0n) is 14.3. The summed E-state index contributed by atoms with van der Waals surface area (Å²) in [4.78, 5) is 12.5. The predicted octanol–water partition coefficient (Wildman–Crippen LogP) is 2.78. The number of sulfonamides is 1. The third-order valence-corrected chi connectivity index (χ3v) is 5.30. The third-order valence-electron chi connectivity index (χ3n) is 3.91. The molecule has 0 radical (unpaired) electrons. The van der Waals surface area contributed by atoms with Crippen LogP contribution in [-0.4, -0.2) is 24.1 Å². The molecule has 0 aliphatic carbocycles. The minimum absolute atomic E-state index is 0.167. The van der Waals surface area contributed by atoms with Gasteiger partial charge in [0.25, 0.3) is 15.9 Å². The molecule has 1 heterocycles. The maximum atomic E-state index is 12.4. The van der Waals surface area contributed by atoms with E-state index < -0.39 is 10.0 Å². The molecule has 0 fully saturated rings. The first kappa shape index (κ1) is 17.7. The van der Waals surface area contributed by atoms with Gasteiger partial charge in [0.05, 0.1) is 22.3 Å². The molecule has 0 atom stereocenters. The van der Waals surface area contributed by atoms with Crippen LogP contribution in [0, 0.1) is 6.92 Å². The monoisotopic (exact) mass is 370 g/mol. The van der Waals surface area contributed by atoms with E-state index in [-0.39, 0.29) is 10.8 Å². The van der Waals surface area contributed by atoms with Crippen molar-refractivity contribution in [3.8, 4) is 0 Å². The summed E-state index contributed by atoms with van der Waals surface area (Å²) >= 11 is 0. The Labute approximate surface area is 151 Å². The van der Waals surface area contributed by atoms with Gasteiger partial charge in [0.15, 0.2) is 0 Å². The number of nitrogens with zero attached hydrogens (tertiary/aromatic N) is 2. The molecule has 7 nitrogen and oxygen atoms in total. The van der Waals surface area contributed by atoms with Gasteiger partial charge in [0.2, 0.25) is 0 Å². The van der Waals surface area contributed by atoms with Crippen molar-refractivity contribution in [2.75, 3.05) is 10.0 Å². The molecule has 1 aromatic heterocycles. The average Bonchev–Trinajstić information content (AvgIpc) is 2.95. The molecule has 3 aromatic rings.